The van der Waals surface area contributed by atoms with Crippen molar-refractivity contribution in [3.05, 3.63) is 55.1 Å². The summed E-state index contributed by atoms with van der Waals surface area (Å²) in [5.74, 6) is 0.600. The number of ether oxygens (including phenoxy) is 1. The highest BCUT2D eigenvalue weighted by molar-refractivity contribution is 5.58. The van der Waals surface area contributed by atoms with E-state index in [4.69, 9.17) is 4.74 Å². The maximum Gasteiger partial charge on any atom is 0.233 e. The maximum absolute atomic E-state index is 6.11. The molecule has 0 radical (unpaired) electrons. The van der Waals surface area contributed by atoms with Crippen LogP contribution < -0.4 is 4.74 Å². The van der Waals surface area contributed by atoms with Crippen LogP contribution in [0.4, 0.5) is 0 Å². The topological polar surface area (TPSA) is 38.2 Å². The predicted octanol–water partition coefficient (Wildman–Crippen LogP) is 3.95. The van der Waals surface area contributed by atoms with Crippen LogP contribution in [0.1, 0.15) is 25.7 Å². The monoisotopic (exact) mass is 323 g/mol. The fraction of sp³-hybridized carbons (Fsp3) is 0.400. The number of nitrogens with zero attached hydrogens (tertiary/aromatic N) is 3. The van der Waals surface area contributed by atoms with E-state index in [1.165, 1.54) is 25.9 Å². The third-order valence-corrected chi connectivity index (χ3v) is 4.35. The van der Waals surface area contributed by atoms with Gasteiger partial charge in [-0.3, -0.25) is 4.90 Å². The Morgan fingerprint density at radius 1 is 1.08 bits per heavy atom. The fourth-order valence-corrected chi connectivity index (χ4v) is 3.06. The van der Waals surface area contributed by atoms with E-state index >= 15 is 0 Å². The summed E-state index contributed by atoms with van der Waals surface area (Å²) in [6, 6.07) is 14.0. The van der Waals surface area contributed by atoms with Crippen LogP contribution in [-0.2, 0) is 0 Å². The number of likely N-dealkylation sites (tertiary alicyclic amines) is 1. The van der Waals surface area contributed by atoms with Crippen molar-refractivity contribution >= 4 is 0 Å². The summed E-state index contributed by atoms with van der Waals surface area (Å²) < 4.78 is 6.11. The van der Waals surface area contributed by atoms with Crippen molar-refractivity contribution in [1.29, 1.82) is 0 Å². The lowest BCUT2D eigenvalue weighted by Crippen LogP contribution is -2.34. The van der Waals surface area contributed by atoms with Gasteiger partial charge in [0, 0.05) is 18.2 Å². The Bertz CT molecular complexity index is 621. The third kappa shape index (κ3) is 4.65. The van der Waals surface area contributed by atoms with Gasteiger partial charge >= 0.3 is 0 Å². The molecule has 1 fully saturated rings. The van der Waals surface area contributed by atoms with Gasteiger partial charge in [-0.15, -0.1) is 16.8 Å². The Hall–Kier alpha value is -2.20. The van der Waals surface area contributed by atoms with E-state index in [0.29, 0.717) is 5.88 Å². The zero-order chi connectivity index (χ0) is 16.6. The van der Waals surface area contributed by atoms with Crippen molar-refractivity contribution < 1.29 is 4.74 Å². The highest BCUT2D eigenvalue weighted by Gasteiger charge is 2.19. The Labute approximate surface area is 144 Å². The molecule has 0 aliphatic carbocycles. The van der Waals surface area contributed by atoms with Gasteiger partial charge in [0.25, 0.3) is 0 Å². The molecule has 1 atom stereocenters. The van der Waals surface area contributed by atoms with E-state index in [2.05, 4.69) is 21.7 Å². The third-order valence-electron chi connectivity index (χ3n) is 4.35. The Morgan fingerprint density at radius 2 is 1.88 bits per heavy atom. The van der Waals surface area contributed by atoms with Crippen LogP contribution in [0, 0.1) is 0 Å². The van der Waals surface area contributed by atoms with Gasteiger partial charge in [-0.05, 0) is 44.8 Å². The second kappa shape index (κ2) is 8.60. The lowest BCUT2D eigenvalue weighted by Gasteiger charge is -2.23. The number of rotatable bonds is 8. The van der Waals surface area contributed by atoms with Crippen LogP contribution in [0.25, 0.3) is 11.3 Å². The van der Waals surface area contributed by atoms with Crippen molar-refractivity contribution in [2.45, 2.75) is 31.8 Å². The molecule has 1 aliphatic heterocycles. The molecule has 4 nitrogen and oxygen atoms in total. The first-order chi connectivity index (χ1) is 11.8. The molecule has 4 heteroatoms. The van der Waals surface area contributed by atoms with Crippen LogP contribution in [0.15, 0.2) is 55.1 Å². The van der Waals surface area contributed by atoms with E-state index in [0.717, 1.165) is 30.6 Å². The highest BCUT2D eigenvalue weighted by Crippen LogP contribution is 2.19. The first kappa shape index (κ1) is 16.7. The minimum absolute atomic E-state index is 0.137. The molecule has 1 aliphatic rings. The second-order valence-electron chi connectivity index (χ2n) is 6.24. The number of hydrogen-bond acceptors (Lipinski definition) is 4. The summed E-state index contributed by atoms with van der Waals surface area (Å²) >= 11 is 0. The number of hydrogen-bond donors (Lipinski definition) is 0. The largest absolute Gasteiger partial charge is 0.472 e. The van der Waals surface area contributed by atoms with Crippen molar-refractivity contribution in [2.24, 2.45) is 0 Å². The molecule has 0 bridgehead atoms. The molecule has 1 saturated heterocycles. The van der Waals surface area contributed by atoms with Gasteiger partial charge in [0.2, 0.25) is 5.88 Å². The van der Waals surface area contributed by atoms with Crippen molar-refractivity contribution in [1.82, 2.24) is 15.1 Å². The van der Waals surface area contributed by atoms with E-state index in [9.17, 15) is 0 Å². The van der Waals surface area contributed by atoms with Crippen molar-refractivity contribution in [3.8, 4) is 17.1 Å². The van der Waals surface area contributed by atoms with Crippen molar-refractivity contribution in [3.63, 3.8) is 0 Å². The molecule has 126 valence electrons. The van der Waals surface area contributed by atoms with E-state index in [-0.39, 0.29) is 6.10 Å². The van der Waals surface area contributed by atoms with Gasteiger partial charge in [0.05, 0.1) is 5.69 Å². The summed E-state index contributed by atoms with van der Waals surface area (Å²) in [7, 11) is 0. The van der Waals surface area contributed by atoms with Gasteiger partial charge in [-0.25, -0.2) is 0 Å². The average molecular weight is 323 g/mol. The number of aromatic nitrogens is 2. The molecule has 0 saturated carbocycles. The lowest BCUT2D eigenvalue weighted by atomic mass is 10.1. The molecule has 1 aromatic heterocycles. The van der Waals surface area contributed by atoms with Gasteiger partial charge < -0.3 is 4.74 Å². The van der Waals surface area contributed by atoms with Gasteiger partial charge in [-0.1, -0.05) is 36.4 Å². The normalized spacial score (nSPS) is 16.0. The van der Waals surface area contributed by atoms with Crippen LogP contribution in [0.3, 0.4) is 0 Å². The molecule has 24 heavy (non-hydrogen) atoms. The maximum atomic E-state index is 6.11. The van der Waals surface area contributed by atoms with Crippen LogP contribution in [0.2, 0.25) is 0 Å². The average Bonchev–Trinajstić information content (AvgIpc) is 3.14. The van der Waals surface area contributed by atoms with Crippen LogP contribution in [-0.4, -0.2) is 40.8 Å². The van der Waals surface area contributed by atoms with Gasteiger partial charge in [-0.2, -0.15) is 0 Å². The molecule has 2 heterocycles. The number of allylic oxidation sites excluding steroid dienone is 1. The van der Waals surface area contributed by atoms with Crippen molar-refractivity contribution in [2.75, 3.05) is 19.6 Å². The van der Waals surface area contributed by atoms with E-state index in [1.807, 2.05) is 48.5 Å². The quantitative estimate of drug-likeness (QED) is 0.689. The molecule has 2 aromatic rings. The standard InChI is InChI=1S/C20H25N3O/c1-2-3-11-18(16-23-14-7-8-15-23)24-20-13-12-19(21-22-20)17-9-5-4-6-10-17/h2,4-6,9-10,12-13,18H,1,3,7-8,11,14-16H2/t18-/m0/s1. The van der Waals surface area contributed by atoms with Gasteiger partial charge in [0.1, 0.15) is 6.10 Å². The molecular formula is C20H25N3O. The van der Waals surface area contributed by atoms with E-state index < -0.39 is 0 Å². The minimum atomic E-state index is 0.137. The SMILES string of the molecule is C=CCC[C@@H](CN1CCCC1)Oc1ccc(-c2ccccc2)nn1. The minimum Gasteiger partial charge on any atom is -0.472 e. The highest BCUT2D eigenvalue weighted by atomic mass is 16.5. The van der Waals surface area contributed by atoms with Crippen LogP contribution >= 0.6 is 0 Å². The lowest BCUT2D eigenvalue weighted by molar-refractivity contribution is 0.133. The predicted molar refractivity (Wildman–Crippen MR) is 97.0 cm³/mol. The zero-order valence-corrected chi connectivity index (χ0v) is 14.1. The summed E-state index contributed by atoms with van der Waals surface area (Å²) in [5.41, 5.74) is 1.93. The first-order valence-corrected chi connectivity index (χ1v) is 8.74. The summed E-state index contributed by atoms with van der Waals surface area (Å²) in [5, 5.41) is 8.57. The molecule has 3 rings (SSSR count). The zero-order valence-electron chi connectivity index (χ0n) is 14.1. The molecule has 1 aromatic carbocycles. The van der Waals surface area contributed by atoms with Crippen LogP contribution in [0.5, 0.6) is 5.88 Å². The Kier molecular flexibility index (Phi) is 5.96. The molecule has 0 amide bonds. The Morgan fingerprint density at radius 3 is 2.54 bits per heavy atom. The second-order valence-corrected chi connectivity index (χ2v) is 6.24. The number of benzene rings is 1. The summed E-state index contributed by atoms with van der Waals surface area (Å²) in [6.07, 6.45) is 6.58. The summed E-state index contributed by atoms with van der Waals surface area (Å²) in [6.45, 7) is 7.12. The summed E-state index contributed by atoms with van der Waals surface area (Å²) in [4.78, 5) is 2.47. The first-order valence-electron chi connectivity index (χ1n) is 8.74. The molecule has 0 spiro atoms. The Balaban J connectivity index is 1.63. The fourth-order valence-electron chi connectivity index (χ4n) is 3.06. The smallest absolute Gasteiger partial charge is 0.233 e. The molecule has 0 N–H and O–H groups in total. The molecule has 0 unspecified atom stereocenters. The van der Waals surface area contributed by atoms with E-state index in [1.54, 1.807) is 0 Å². The van der Waals surface area contributed by atoms with Gasteiger partial charge in [0.15, 0.2) is 0 Å². The molecular weight excluding hydrogens is 298 g/mol.